The fourth-order valence-corrected chi connectivity index (χ4v) is 5.45. The summed E-state index contributed by atoms with van der Waals surface area (Å²) in [6.07, 6.45) is 0.494. The summed E-state index contributed by atoms with van der Waals surface area (Å²) in [7, 11) is -3.78. The second-order valence-corrected chi connectivity index (χ2v) is 8.40. The molecule has 0 aliphatic heterocycles. The van der Waals surface area contributed by atoms with E-state index in [1.54, 1.807) is 24.3 Å². The van der Waals surface area contributed by atoms with Crippen LogP contribution >= 0.6 is 0 Å². The van der Waals surface area contributed by atoms with Crippen molar-refractivity contribution in [1.82, 2.24) is 0 Å². The van der Waals surface area contributed by atoms with Gasteiger partial charge < -0.3 is 4.79 Å². The molecular formula is C19H17NO3S. The molecule has 1 fully saturated rings. The van der Waals surface area contributed by atoms with Crippen LogP contribution in [0, 0.1) is 30.6 Å². The Hall–Kier alpha value is -2.45. The van der Waals surface area contributed by atoms with Crippen molar-refractivity contribution in [1.29, 1.82) is 5.26 Å². The number of benzene rings is 2. The molecule has 2 aromatic carbocycles. The molecule has 122 valence electrons. The van der Waals surface area contributed by atoms with Crippen LogP contribution in [-0.2, 0) is 14.6 Å². The minimum atomic E-state index is -3.78. The normalized spacial score (nSPS) is 25.7. The Morgan fingerprint density at radius 3 is 1.96 bits per heavy atom. The third-order valence-corrected chi connectivity index (χ3v) is 6.95. The van der Waals surface area contributed by atoms with E-state index < -0.39 is 26.4 Å². The van der Waals surface area contributed by atoms with Gasteiger partial charge in [-0.15, -0.1) is 0 Å². The van der Waals surface area contributed by atoms with E-state index in [-0.39, 0.29) is 4.90 Å². The molecule has 1 aliphatic carbocycles. The van der Waals surface area contributed by atoms with Gasteiger partial charge in [0.15, 0.2) is 9.84 Å². The fraction of sp³-hybridized carbons (Fsp3) is 0.263. The second kappa shape index (κ2) is 5.57. The highest BCUT2D eigenvalue weighted by Gasteiger charge is 2.72. The minimum absolute atomic E-state index is 0.147. The lowest BCUT2D eigenvalue weighted by Gasteiger charge is -2.05. The molecule has 0 spiro atoms. The topological polar surface area (TPSA) is 75.0 Å². The van der Waals surface area contributed by atoms with Gasteiger partial charge in [0.2, 0.25) is 0 Å². The van der Waals surface area contributed by atoms with E-state index in [4.69, 9.17) is 0 Å². The monoisotopic (exact) mass is 339 g/mol. The highest BCUT2D eigenvalue weighted by atomic mass is 32.2. The maximum Gasteiger partial charge on any atom is 0.183 e. The number of aryl methyl sites for hydroxylation is 2. The molecule has 3 atom stereocenters. The predicted octanol–water partition coefficient (Wildman–Crippen LogP) is 2.95. The molecule has 0 N–H and O–H groups in total. The first-order valence-electron chi connectivity index (χ1n) is 7.61. The molecule has 3 rings (SSSR count). The fourth-order valence-electron chi connectivity index (χ4n) is 3.21. The Bertz CT molecular complexity index is 924. The zero-order chi connectivity index (χ0) is 17.5. The van der Waals surface area contributed by atoms with Crippen LogP contribution in [0.1, 0.15) is 22.6 Å². The smallest absolute Gasteiger partial charge is 0.183 e. The van der Waals surface area contributed by atoms with Crippen LogP contribution in [0.25, 0.3) is 0 Å². The second-order valence-electron chi connectivity index (χ2n) is 6.33. The zero-order valence-electron chi connectivity index (χ0n) is 13.4. The number of rotatable bonds is 4. The van der Waals surface area contributed by atoms with Crippen molar-refractivity contribution in [3.05, 3.63) is 65.2 Å². The van der Waals surface area contributed by atoms with Gasteiger partial charge in [-0.3, -0.25) is 0 Å². The number of hydrogen-bond acceptors (Lipinski definition) is 4. The van der Waals surface area contributed by atoms with Crippen LogP contribution in [0.4, 0.5) is 0 Å². The molecular weight excluding hydrogens is 322 g/mol. The molecule has 0 heterocycles. The third kappa shape index (κ3) is 2.35. The molecule has 1 saturated carbocycles. The first-order chi connectivity index (χ1) is 11.4. The lowest BCUT2D eigenvalue weighted by Crippen LogP contribution is -2.16. The van der Waals surface area contributed by atoms with Gasteiger partial charge in [-0.2, -0.15) is 5.26 Å². The quantitative estimate of drug-likeness (QED) is 0.803. The van der Waals surface area contributed by atoms with Gasteiger partial charge in [-0.1, -0.05) is 47.5 Å². The van der Waals surface area contributed by atoms with E-state index in [1.165, 1.54) is 12.1 Å². The number of carbonyl (C=O) groups is 1. The predicted molar refractivity (Wildman–Crippen MR) is 90.2 cm³/mol. The maximum atomic E-state index is 13.0. The van der Waals surface area contributed by atoms with Gasteiger partial charge in [0.05, 0.1) is 11.0 Å². The minimum Gasteiger partial charge on any atom is -0.302 e. The van der Waals surface area contributed by atoms with E-state index in [0.717, 1.165) is 11.1 Å². The van der Waals surface area contributed by atoms with Crippen LogP contribution in [0.3, 0.4) is 0 Å². The molecule has 24 heavy (non-hydrogen) atoms. The van der Waals surface area contributed by atoms with E-state index in [9.17, 15) is 18.5 Å². The van der Waals surface area contributed by atoms with Crippen molar-refractivity contribution in [2.24, 2.45) is 5.41 Å². The zero-order valence-corrected chi connectivity index (χ0v) is 14.2. The van der Waals surface area contributed by atoms with Gasteiger partial charge in [0, 0.05) is 5.92 Å². The van der Waals surface area contributed by atoms with E-state index in [2.05, 4.69) is 0 Å². The summed E-state index contributed by atoms with van der Waals surface area (Å²) in [6, 6.07) is 15.7. The van der Waals surface area contributed by atoms with Crippen molar-refractivity contribution in [3.63, 3.8) is 0 Å². The van der Waals surface area contributed by atoms with Gasteiger partial charge in [-0.05, 0) is 31.5 Å². The summed E-state index contributed by atoms with van der Waals surface area (Å²) in [5.41, 5.74) is 1.17. The number of carbonyl (C=O) groups excluding carboxylic acids is 1. The third-order valence-electron chi connectivity index (χ3n) is 4.69. The summed E-state index contributed by atoms with van der Waals surface area (Å²) in [4.78, 5) is 11.8. The highest BCUT2D eigenvalue weighted by Crippen LogP contribution is 2.62. The van der Waals surface area contributed by atoms with E-state index >= 15 is 0 Å². The molecule has 2 aromatic rings. The summed E-state index contributed by atoms with van der Waals surface area (Å²) in [6.45, 7) is 3.79. The maximum absolute atomic E-state index is 13.0. The molecule has 0 amide bonds. The molecule has 0 aromatic heterocycles. The molecule has 0 radical (unpaired) electrons. The lowest BCUT2D eigenvalue weighted by molar-refractivity contribution is -0.110. The molecule has 1 aliphatic rings. The van der Waals surface area contributed by atoms with Crippen LogP contribution in [0.2, 0.25) is 0 Å². The first kappa shape index (κ1) is 16.4. The average molecular weight is 339 g/mol. The number of nitriles is 1. The first-order valence-corrected chi connectivity index (χ1v) is 9.16. The van der Waals surface area contributed by atoms with Gasteiger partial charge in [0.1, 0.15) is 17.0 Å². The molecule has 3 unspecified atom stereocenters. The average Bonchev–Trinajstić information content (AvgIpc) is 3.26. The van der Waals surface area contributed by atoms with Crippen molar-refractivity contribution in [2.75, 3.05) is 0 Å². The van der Waals surface area contributed by atoms with Gasteiger partial charge in [-0.25, -0.2) is 8.42 Å². The number of sulfone groups is 1. The molecule has 0 bridgehead atoms. The van der Waals surface area contributed by atoms with E-state index in [0.29, 0.717) is 11.8 Å². The number of hydrogen-bond donors (Lipinski definition) is 0. The van der Waals surface area contributed by atoms with Crippen LogP contribution in [0.5, 0.6) is 0 Å². The van der Waals surface area contributed by atoms with Gasteiger partial charge in [0.25, 0.3) is 0 Å². The molecule has 0 saturated heterocycles. The van der Waals surface area contributed by atoms with Gasteiger partial charge >= 0.3 is 0 Å². The SMILES string of the molecule is Cc1ccc(C2C(S(=O)(=O)c3ccc(C)cc3)C2(C#N)C=O)cc1. The largest absolute Gasteiger partial charge is 0.302 e. The van der Waals surface area contributed by atoms with Crippen LogP contribution in [-0.4, -0.2) is 20.0 Å². The lowest BCUT2D eigenvalue weighted by atomic mass is 10.0. The Kier molecular flexibility index (Phi) is 3.81. The summed E-state index contributed by atoms with van der Waals surface area (Å²) in [5, 5.41) is 8.48. The molecule has 4 nitrogen and oxygen atoms in total. The standard InChI is InChI=1S/C19H17NO3S/c1-13-3-7-15(8-4-13)17-18(19(17,11-20)12-21)24(22,23)16-9-5-14(2)6-10-16/h3-10,12,17-18H,1-2H3. The van der Waals surface area contributed by atoms with Crippen molar-refractivity contribution < 1.29 is 13.2 Å². The summed E-state index contributed by atoms with van der Waals surface area (Å²) in [5.74, 6) is -0.632. The Balaban J connectivity index is 2.08. The number of aldehydes is 1. The summed E-state index contributed by atoms with van der Waals surface area (Å²) < 4.78 is 26.0. The highest BCUT2D eigenvalue weighted by molar-refractivity contribution is 7.92. The van der Waals surface area contributed by atoms with Crippen LogP contribution < -0.4 is 0 Å². The molecule has 5 heteroatoms. The Morgan fingerprint density at radius 2 is 1.50 bits per heavy atom. The van der Waals surface area contributed by atoms with Crippen molar-refractivity contribution >= 4 is 16.1 Å². The number of nitrogens with zero attached hydrogens (tertiary/aromatic N) is 1. The van der Waals surface area contributed by atoms with Crippen molar-refractivity contribution in [3.8, 4) is 6.07 Å². The van der Waals surface area contributed by atoms with Crippen LogP contribution in [0.15, 0.2) is 53.4 Å². The van der Waals surface area contributed by atoms with Crippen molar-refractivity contribution in [2.45, 2.75) is 29.9 Å². The Morgan fingerprint density at radius 1 is 1.00 bits per heavy atom. The Labute approximate surface area is 141 Å². The summed E-state index contributed by atoms with van der Waals surface area (Å²) >= 11 is 0. The van der Waals surface area contributed by atoms with E-state index in [1.807, 2.05) is 32.0 Å².